The molecule has 0 saturated heterocycles. The number of ether oxygens (including phenoxy) is 2. The van der Waals surface area contributed by atoms with Crippen molar-refractivity contribution >= 4 is 0 Å². The molecule has 0 fully saturated rings. The number of nitriles is 1. The van der Waals surface area contributed by atoms with E-state index in [1.54, 1.807) is 0 Å². The molecule has 0 bridgehead atoms. The van der Waals surface area contributed by atoms with Gasteiger partial charge in [-0.25, -0.2) is 0 Å². The topological polar surface area (TPSA) is 42.2 Å². The maximum atomic E-state index is 9.27. The molecule has 0 aromatic heterocycles. The first-order valence-electron chi connectivity index (χ1n) is 7.63. The summed E-state index contributed by atoms with van der Waals surface area (Å²) in [5.41, 5.74) is 1.08. The summed E-state index contributed by atoms with van der Waals surface area (Å²) < 4.78 is 11.1. The first-order chi connectivity index (χ1) is 10.8. The van der Waals surface area contributed by atoms with Gasteiger partial charge >= 0.3 is 0 Å². The Morgan fingerprint density at radius 3 is 2.18 bits per heavy atom. The third-order valence-corrected chi connectivity index (χ3v) is 3.40. The second-order valence-electron chi connectivity index (χ2n) is 4.99. The Morgan fingerprint density at radius 2 is 1.59 bits per heavy atom. The van der Waals surface area contributed by atoms with Crippen LogP contribution in [0.3, 0.4) is 0 Å². The van der Waals surface area contributed by atoms with Crippen LogP contribution in [0.15, 0.2) is 54.6 Å². The summed E-state index contributed by atoms with van der Waals surface area (Å²) in [6, 6.07) is 19.9. The molecule has 0 aliphatic carbocycles. The smallest absolute Gasteiger partial charge is 0.119 e. The van der Waals surface area contributed by atoms with Gasteiger partial charge < -0.3 is 9.47 Å². The maximum absolute atomic E-state index is 9.27. The number of hydrogen-bond acceptors (Lipinski definition) is 3. The van der Waals surface area contributed by atoms with Crippen LogP contribution in [-0.4, -0.2) is 13.2 Å². The van der Waals surface area contributed by atoms with Crippen molar-refractivity contribution in [2.45, 2.75) is 25.7 Å². The zero-order valence-corrected chi connectivity index (χ0v) is 12.9. The molecule has 0 heterocycles. The predicted octanol–water partition coefficient (Wildman–Crippen LogP) is 4.55. The molecular formula is C19H21NO2. The van der Waals surface area contributed by atoms with E-state index in [-0.39, 0.29) is 5.92 Å². The van der Waals surface area contributed by atoms with Crippen molar-refractivity contribution in [3.05, 3.63) is 60.2 Å². The number of rotatable bonds is 8. The zero-order chi connectivity index (χ0) is 15.6. The molecular weight excluding hydrogens is 274 g/mol. The van der Waals surface area contributed by atoms with E-state index in [4.69, 9.17) is 9.47 Å². The Kier molecular flexibility index (Phi) is 6.32. The van der Waals surface area contributed by atoms with Crippen molar-refractivity contribution in [1.82, 2.24) is 0 Å². The highest BCUT2D eigenvalue weighted by molar-refractivity contribution is 5.31. The van der Waals surface area contributed by atoms with Crippen molar-refractivity contribution in [2.75, 3.05) is 13.2 Å². The number of benzene rings is 2. The van der Waals surface area contributed by atoms with Gasteiger partial charge in [0.05, 0.1) is 25.2 Å². The van der Waals surface area contributed by atoms with Crippen LogP contribution in [0.5, 0.6) is 11.5 Å². The van der Waals surface area contributed by atoms with Crippen LogP contribution >= 0.6 is 0 Å². The molecule has 0 aliphatic rings. The van der Waals surface area contributed by atoms with Crippen LogP contribution in [-0.2, 0) is 0 Å². The number of nitrogens with zero attached hydrogens (tertiary/aromatic N) is 1. The van der Waals surface area contributed by atoms with E-state index in [0.29, 0.717) is 13.2 Å². The normalized spacial score (nSPS) is 11.5. The summed E-state index contributed by atoms with van der Waals surface area (Å²) in [4.78, 5) is 0. The van der Waals surface area contributed by atoms with Crippen molar-refractivity contribution in [2.24, 2.45) is 0 Å². The Balaban J connectivity index is 1.75. The largest absolute Gasteiger partial charge is 0.494 e. The fourth-order valence-electron chi connectivity index (χ4n) is 2.27. The molecule has 2 aromatic rings. The van der Waals surface area contributed by atoms with Crippen LogP contribution < -0.4 is 9.47 Å². The first kappa shape index (κ1) is 15.9. The monoisotopic (exact) mass is 295 g/mol. The Bertz CT molecular complexity index is 587. The second-order valence-corrected chi connectivity index (χ2v) is 4.99. The summed E-state index contributed by atoms with van der Waals surface area (Å²) >= 11 is 0. The van der Waals surface area contributed by atoms with Gasteiger partial charge in [-0.2, -0.15) is 5.26 Å². The molecule has 0 radical (unpaired) electrons. The van der Waals surface area contributed by atoms with Gasteiger partial charge in [-0.15, -0.1) is 0 Å². The van der Waals surface area contributed by atoms with Crippen molar-refractivity contribution < 1.29 is 9.47 Å². The van der Waals surface area contributed by atoms with Gasteiger partial charge in [-0.1, -0.05) is 30.3 Å². The Hall–Kier alpha value is -2.47. The van der Waals surface area contributed by atoms with Crippen molar-refractivity contribution in [3.8, 4) is 17.6 Å². The van der Waals surface area contributed by atoms with E-state index in [1.807, 2.05) is 61.5 Å². The van der Waals surface area contributed by atoms with Crippen LogP contribution in [0.4, 0.5) is 0 Å². The lowest BCUT2D eigenvalue weighted by atomic mass is 9.96. The summed E-state index contributed by atoms with van der Waals surface area (Å²) in [5.74, 6) is 1.62. The van der Waals surface area contributed by atoms with Gasteiger partial charge in [0.2, 0.25) is 0 Å². The van der Waals surface area contributed by atoms with E-state index >= 15 is 0 Å². The Labute approximate surface area is 132 Å². The fraction of sp³-hybridized carbons (Fsp3) is 0.316. The van der Waals surface area contributed by atoms with E-state index in [1.165, 1.54) is 0 Å². The van der Waals surface area contributed by atoms with E-state index in [9.17, 15) is 5.26 Å². The minimum absolute atomic E-state index is 0.0647. The molecule has 0 N–H and O–H groups in total. The van der Waals surface area contributed by atoms with Gasteiger partial charge in [-0.05, 0) is 49.6 Å². The molecule has 0 spiro atoms. The van der Waals surface area contributed by atoms with Crippen LogP contribution in [0.25, 0.3) is 0 Å². The van der Waals surface area contributed by atoms with Crippen LogP contribution in [0, 0.1) is 11.3 Å². The standard InChI is InChI=1S/C19H21NO2/c1-2-21-18-10-12-19(13-11-18)22-14-6-9-17(15-20)16-7-4-3-5-8-16/h3-5,7-8,10-13,17H,2,6,9,14H2,1H3. The van der Waals surface area contributed by atoms with Gasteiger partial charge in [0, 0.05) is 0 Å². The highest BCUT2D eigenvalue weighted by atomic mass is 16.5. The van der Waals surface area contributed by atoms with E-state index < -0.39 is 0 Å². The summed E-state index contributed by atoms with van der Waals surface area (Å²) in [6.07, 6.45) is 1.65. The molecule has 114 valence electrons. The molecule has 2 aromatic carbocycles. The maximum Gasteiger partial charge on any atom is 0.119 e. The van der Waals surface area contributed by atoms with Gasteiger partial charge in [0.1, 0.15) is 11.5 Å². The average molecular weight is 295 g/mol. The van der Waals surface area contributed by atoms with Crippen molar-refractivity contribution in [1.29, 1.82) is 5.26 Å². The average Bonchev–Trinajstić information content (AvgIpc) is 2.57. The molecule has 3 heteroatoms. The predicted molar refractivity (Wildman–Crippen MR) is 87.1 cm³/mol. The first-order valence-corrected chi connectivity index (χ1v) is 7.63. The van der Waals surface area contributed by atoms with E-state index in [0.717, 1.165) is 29.9 Å². The molecule has 2 rings (SSSR count). The SMILES string of the molecule is CCOc1ccc(OCCCC(C#N)c2ccccc2)cc1. The molecule has 22 heavy (non-hydrogen) atoms. The molecule has 1 unspecified atom stereocenters. The minimum Gasteiger partial charge on any atom is -0.494 e. The highest BCUT2D eigenvalue weighted by Crippen LogP contribution is 2.21. The highest BCUT2D eigenvalue weighted by Gasteiger charge is 2.09. The van der Waals surface area contributed by atoms with E-state index in [2.05, 4.69) is 6.07 Å². The summed E-state index contributed by atoms with van der Waals surface area (Å²) in [7, 11) is 0. The molecule has 0 aliphatic heterocycles. The molecule has 3 nitrogen and oxygen atoms in total. The lowest BCUT2D eigenvalue weighted by molar-refractivity contribution is 0.303. The quantitative estimate of drug-likeness (QED) is 0.671. The van der Waals surface area contributed by atoms with Gasteiger partial charge in [-0.3, -0.25) is 0 Å². The molecule has 0 saturated carbocycles. The van der Waals surface area contributed by atoms with Crippen LogP contribution in [0.2, 0.25) is 0 Å². The van der Waals surface area contributed by atoms with Gasteiger partial charge in [0.15, 0.2) is 0 Å². The third kappa shape index (κ3) is 4.82. The lowest BCUT2D eigenvalue weighted by Gasteiger charge is -2.10. The minimum atomic E-state index is -0.0647. The summed E-state index contributed by atoms with van der Waals surface area (Å²) in [5, 5.41) is 9.27. The van der Waals surface area contributed by atoms with Crippen molar-refractivity contribution in [3.63, 3.8) is 0 Å². The third-order valence-electron chi connectivity index (χ3n) is 3.40. The lowest BCUT2D eigenvalue weighted by Crippen LogP contribution is -2.02. The van der Waals surface area contributed by atoms with Gasteiger partial charge in [0.25, 0.3) is 0 Å². The molecule has 1 atom stereocenters. The summed E-state index contributed by atoms with van der Waals surface area (Å²) in [6.45, 7) is 3.23. The second kappa shape index (κ2) is 8.74. The van der Waals surface area contributed by atoms with Crippen LogP contribution in [0.1, 0.15) is 31.2 Å². The zero-order valence-electron chi connectivity index (χ0n) is 12.9. The Morgan fingerprint density at radius 1 is 0.955 bits per heavy atom. The number of hydrogen-bond donors (Lipinski definition) is 0. The fourth-order valence-corrected chi connectivity index (χ4v) is 2.27. The molecule has 0 amide bonds.